The number of Topliss-reactive ketones (excluding diaryl/α,β-unsaturated/α-hetero) is 1. The first-order valence-corrected chi connectivity index (χ1v) is 3.83. The lowest BCUT2D eigenvalue weighted by molar-refractivity contribution is -0.116. The van der Waals surface area contributed by atoms with E-state index in [0.717, 1.165) is 0 Å². The van der Waals surface area contributed by atoms with Crippen molar-refractivity contribution in [3.8, 4) is 0 Å². The van der Waals surface area contributed by atoms with Crippen LogP contribution in [0, 0.1) is 0 Å². The van der Waals surface area contributed by atoms with E-state index in [4.69, 9.17) is 0 Å². The second-order valence-corrected chi connectivity index (χ2v) is 2.73. The van der Waals surface area contributed by atoms with Gasteiger partial charge in [0.2, 0.25) is 0 Å². The fourth-order valence-electron chi connectivity index (χ4n) is 0.973. The number of rotatable bonds is 3. The van der Waals surface area contributed by atoms with Crippen molar-refractivity contribution in [2.45, 2.75) is 19.8 Å². The molecule has 1 heterocycles. The molecule has 0 N–H and O–H groups in total. The van der Waals surface area contributed by atoms with Gasteiger partial charge in [0.15, 0.2) is 0 Å². The molecular weight excluding hydrogens is 176 g/mol. The Morgan fingerprint density at radius 3 is 2.77 bits per heavy atom. The van der Waals surface area contributed by atoms with Gasteiger partial charge < -0.3 is 0 Å². The molecule has 0 aliphatic rings. The van der Waals surface area contributed by atoms with Crippen LogP contribution in [0.2, 0.25) is 0 Å². The molecule has 0 radical (unpaired) electrons. The Morgan fingerprint density at radius 2 is 2.23 bits per heavy atom. The molecule has 0 aromatic carbocycles. The standard InChI is InChI=1S/C9H9F2NO/c1-6(13)5-7-3-2-4-8(12-7)9(10)11/h2-4,9H,5H2,1H3. The van der Waals surface area contributed by atoms with Gasteiger partial charge >= 0.3 is 0 Å². The summed E-state index contributed by atoms with van der Waals surface area (Å²) in [6.07, 6.45) is -2.47. The summed E-state index contributed by atoms with van der Waals surface area (Å²) in [7, 11) is 0. The molecule has 4 heteroatoms. The topological polar surface area (TPSA) is 30.0 Å². The number of alkyl halides is 2. The lowest BCUT2D eigenvalue weighted by Crippen LogP contribution is -2.01. The highest BCUT2D eigenvalue weighted by atomic mass is 19.3. The lowest BCUT2D eigenvalue weighted by Gasteiger charge is -2.01. The quantitative estimate of drug-likeness (QED) is 0.722. The predicted octanol–water partition coefficient (Wildman–Crippen LogP) is 2.15. The van der Waals surface area contributed by atoms with Crippen molar-refractivity contribution in [3.05, 3.63) is 29.6 Å². The minimum atomic E-state index is -2.58. The molecule has 0 unspecified atom stereocenters. The van der Waals surface area contributed by atoms with Gasteiger partial charge in [-0.3, -0.25) is 9.78 Å². The fourth-order valence-corrected chi connectivity index (χ4v) is 0.973. The second kappa shape index (κ2) is 4.07. The van der Waals surface area contributed by atoms with Crippen molar-refractivity contribution in [2.75, 3.05) is 0 Å². The Balaban J connectivity index is 2.85. The van der Waals surface area contributed by atoms with Gasteiger partial charge in [0.25, 0.3) is 6.43 Å². The van der Waals surface area contributed by atoms with Gasteiger partial charge in [-0.15, -0.1) is 0 Å². The molecule has 1 aromatic heterocycles. The van der Waals surface area contributed by atoms with E-state index in [0.29, 0.717) is 5.69 Å². The van der Waals surface area contributed by atoms with Crippen LogP contribution in [0.15, 0.2) is 18.2 Å². The van der Waals surface area contributed by atoms with Gasteiger partial charge in [0, 0.05) is 12.1 Å². The summed E-state index contributed by atoms with van der Waals surface area (Å²) in [5.74, 6) is -0.0843. The van der Waals surface area contributed by atoms with E-state index in [1.54, 1.807) is 6.07 Å². The molecular formula is C9H9F2NO. The Bertz CT molecular complexity index is 312. The third-order valence-electron chi connectivity index (χ3n) is 1.48. The fraction of sp³-hybridized carbons (Fsp3) is 0.333. The molecule has 0 bridgehead atoms. The van der Waals surface area contributed by atoms with Crippen molar-refractivity contribution < 1.29 is 13.6 Å². The molecule has 0 aliphatic carbocycles. The Morgan fingerprint density at radius 1 is 1.54 bits per heavy atom. The average molecular weight is 185 g/mol. The smallest absolute Gasteiger partial charge is 0.280 e. The van der Waals surface area contributed by atoms with E-state index in [2.05, 4.69) is 4.98 Å². The molecule has 0 fully saturated rings. The van der Waals surface area contributed by atoms with Crippen molar-refractivity contribution in [3.63, 3.8) is 0 Å². The third kappa shape index (κ3) is 2.89. The number of halogens is 2. The maximum atomic E-state index is 12.1. The van der Waals surface area contributed by atoms with Gasteiger partial charge in [-0.05, 0) is 19.1 Å². The largest absolute Gasteiger partial charge is 0.300 e. The van der Waals surface area contributed by atoms with Crippen molar-refractivity contribution in [1.29, 1.82) is 0 Å². The summed E-state index contributed by atoms with van der Waals surface area (Å²) in [6.45, 7) is 1.40. The van der Waals surface area contributed by atoms with Gasteiger partial charge in [0.05, 0.1) is 0 Å². The first kappa shape index (κ1) is 9.77. The zero-order valence-electron chi connectivity index (χ0n) is 7.13. The van der Waals surface area contributed by atoms with Crippen LogP contribution >= 0.6 is 0 Å². The molecule has 1 rings (SSSR count). The van der Waals surface area contributed by atoms with Crippen LogP contribution in [0.1, 0.15) is 24.7 Å². The third-order valence-corrected chi connectivity index (χ3v) is 1.48. The summed E-state index contributed by atoms with van der Waals surface area (Å²) in [5.41, 5.74) is 0.115. The van der Waals surface area contributed by atoms with E-state index in [1.165, 1.54) is 19.1 Å². The van der Waals surface area contributed by atoms with Gasteiger partial charge in [-0.2, -0.15) is 0 Å². The average Bonchev–Trinajstić information content (AvgIpc) is 2.03. The van der Waals surface area contributed by atoms with Crippen molar-refractivity contribution in [1.82, 2.24) is 4.98 Å². The predicted molar refractivity (Wildman–Crippen MR) is 43.6 cm³/mol. The molecule has 1 aromatic rings. The number of ketones is 1. The molecule has 13 heavy (non-hydrogen) atoms. The minimum absolute atomic E-state index is 0.0843. The summed E-state index contributed by atoms with van der Waals surface area (Å²) in [6, 6.07) is 4.29. The monoisotopic (exact) mass is 185 g/mol. The van der Waals surface area contributed by atoms with Crippen LogP contribution in [0.3, 0.4) is 0 Å². The van der Waals surface area contributed by atoms with Crippen LogP contribution in [-0.4, -0.2) is 10.8 Å². The Kier molecular flexibility index (Phi) is 3.06. The van der Waals surface area contributed by atoms with E-state index >= 15 is 0 Å². The number of nitrogens with zero attached hydrogens (tertiary/aromatic N) is 1. The molecule has 2 nitrogen and oxygen atoms in total. The molecule has 70 valence electrons. The minimum Gasteiger partial charge on any atom is -0.300 e. The van der Waals surface area contributed by atoms with E-state index in [9.17, 15) is 13.6 Å². The number of hydrogen-bond donors (Lipinski definition) is 0. The maximum absolute atomic E-state index is 12.1. The highest BCUT2D eigenvalue weighted by Crippen LogP contribution is 2.16. The van der Waals surface area contributed by atoms with Crippen molar-refractivity contribution >= 4 is 5.78 Å². The summed E-state index contributed by atoms with van der Waals surface area (Å²) in [4.78, 5) is 14.3. The van der Waals surface area contributed by atoms with Gasteiger partial charge in [-0.1, -0.05) is 6.07 Å². The van der Waals surface area contributed by atoms with Gasteiger partial charge in [-0.25, -0.2) is 8.78 Å². The number of aromatic nitrogens is 1. The summed E-state index contributed by atoms with van der Waals surface area (Å²) < 4.78 is 24.3. The molecule has 0 amide bonds. The first-order valence-electron chi connectivity index (χ1n) is 3.83. The van der Waals surface area contributed by atoms with Crippen LogP contribution in [0.4, 0.5) is 8.78 Å². The van der Waals surface area contributed by atoms with Crippen LogP contribution in [0.25, 0.3) is 0 Å². The summed E-state index contributed by atoms with van der Waals surface area (Å²) in [5, 5.41) is 0. The van der Waals surface area contributed by atoms with E-state index in [1.807, 2.05) is 0 Å². The zero-order chi connectivity index (χ0) is 9.84. The normalized spacial score (nSPS) is 10.5. The number of pyridine rings is 1. The summed E-state index contributed by atoms with van der Waals surface area (Å²) >= 11 is 0. The molecule has 0 atom stereocenters. The Labute approximate surface area is 74.6 Å². The Hall–Kier alpha value is -1.32. The molecule has 0 spiro atoms. The van der Waals surface area contributed by atoms with Crippen molar-refractivity contribution in [2.24, 2.45) is 0 Å². The number of carbonyl (C=O) groups is 1. The SMILES string of the molecule is CC(=O)Cc1cccc(C(F)F)n1. The van der Waals surface area contributed by atoms with Crippen LogP contribution in [0.5, 0.6) is 0 Å². The number of carbonyl (C=O) groups excluding carboxylic acids is 1. The zero-order valence-corrected chi connectivity index (χ0v) is 7.13. The van der Waals surface area contributed by atoms with Crippen LogP contribution < -0.4 is 0 Å². The lowest BCUT2D eigenvalue weighted by atomic mass is 10.2. The molecule has 0 saturated heterocycles. The van der Waals surface area contributed by atoms with Gasteiger partial charge in [0.1, 0.15) is 11.5 Å². The van der Waals surface area contributed by atoms with Crippen LogP contribution in [-0.2, 0) is 11.2 Å². The maximum Gasteiger partial charge on any atom is 0.280 e. The molecule has 0 saturated carbocycles. The van der Waals surface area contributed by atoms with E-state index in [-0.39, 0.29) is 17.9 Å². The first-order chi connectivity index (χ1) is 6.09. The molecule has 0 aliphatic heterocycles. The number of hydrogen-bond acceptors (Lipinski definition) is 2. The highest BCUT2D eigenvalue weighted by Gasteiger charge is 2.09. The van der Waals surface area contributed by atoms with E-state index < -0.39 is 6.43 Å². The highest BCUT2D eigenvalue weighted by molar-refractivity contribution is 5.77. The second-order valence-electron chi connectivity index (χ2n) is 2.73.